The fourth-order valence-electron chi connectivity index (χ4n) is 5.04. The molecule has 1 aliphatic heterocycles. The minimum atomic E-state index is -0.149. The zero-order chi connectivity index (χ0) is 22.7. The minimum Gasteiger partial charge on any atom is -0.349 e. The number of carbonyl (C=O) groups excluding carboxylic acids is 2. The van der Waals surface area contributed by atoms with Crippen molar-refractivity contribution in [1.82, 2.24) is 24.6 Å². The Bertz CT molecular complexity index is 1390. The molecule has 33 heavy (non-hydrogen) atoms. The summed E-state index contributed by atoms with van der Waals surface area (Å²) in [6.07, 6.45) is 2.99. The Morgan fingerprint density at radius 3 is 2.97 bits per heavy atom. The number of imidazole rings is 1. The highest BCUT2D eigenvalue weighted by Crippen LogP contribution is 2.50. The summed E-state index contributed by atoms with van der Waals surface area (Å²) in [6.45, 7) is 5.07. The number of rotatable bonds is 5. The number of aryl methyl sites for hydroxylation is 2. The summed E-state index contributed by atoms with van der Waals surface area (Å²) in [4.78, 5) is 39.1. The number of nitrogens with zero attached hydrogens (tertiary/aromatic N) is 4. The molecule has 9 heteroatoms. The van der Waals surface area contributed by atoms with Crippen LogP contribution in [0.3, 0.4) is 0 Å². The first-order valence-corrected chi connectivity index (χ1v) is 12.8. The lowest BCUT2D eigenvalue weighted by Crippen LogP contribution is -2.46. The maximum atomic E-state index is 13.6. The number of aromatic nitrogens is 3. The molecule has 0 radical (unpaired) electrons. The standard InChI is InChI=1S/C24H23N5O2S2/c1-13-4-3-5-15(8-13)21-19(26-12-33-21)23(31)29-11-16-9-17(16)18(29)10-25-22(30)20-14(2)27-24-28(20)6-7-32-24/h3-8,12,16-18H,9-11H2,1-2H3,(H,25,30)/t16-,17-,18-/m1/s1. The lowest BCUT2D eigenvalue weighted by Gasteiger charge is -2.27. The molecule has 4 heterocycles. The quantitative estimate of drug-likeness (QED) is 0.471. The molecule has 3 atom stereocenters. The molecule has 6 rings (SSSR count). The van der Waals surface area contributed by atoms with E-state index >= 15 is 0 Å². The molecule has 2 amide bonds. The predicted octanol–water partition coefficient (Wildman–Crippen LogP) is 4.03. The second-order valence-corrected chi connectivity index (χ2v) is 10.6. The van der Waals surface area contributed by atoms with Crippen LogP contribution < -0.4 is 5.32 Å². The van der Waals surface area contributed by atoms with Gasteiger partial charge in [0.25, 0.3) is 11.8 Å². The van der Waals surface area contributed by atoms with Crippen molar-refractivity contribution in [3.63, 3.8) is 0 Å². The zero-order valence-electron chi connectivity index (χ0n) is 18.3. The molecule has 1 aliphatic carbocycles. The van der Waals surface area contributed by atoms with Crippen LogP contribution in [0.15, 0.2) is 41.4 Å². The monoisotopic (exact) mass is 477 g/mol. The van der Waals surface area contributed by atoms with Crippen molar-refractivity contribution in [2.45, 2.75) is 26.3 Å². The molecule has 168 valence electrons. The van der Waals surface area contributed by atoms with Gasteiger partial charge in [-0.15, -0.1) is 22.7 Å². The zero-order valence-corrected chi connectivity index (χ0v) is 19.9. The first-order chi connectivity index (χ1) is 16.0. The van der Waals surface area contributed by atoms with E-state index in [-0.39, 0.29) is 17.9 Å². The van der Waals surface area contributed by atoms with Gasteiger partial charge in [-0.1, -0.05) is 29.8 Å². The molecule has 3 aromatic heterocycles. The van der Waals surface area contributed by atoms with Crippen LogP contribution in [0.5, 0.6) is 0 Å². The minimum absolute atomic E-state index is 0.00953. The molecular weight excluding hydrogens is 454 g/mol. The van der Waals surface area contributed by atoms with Gasteiger partial charge in [0.2, 0.25) is 0 Å². The summed E-state index contributed by atoms with van der Waals surface area (Å²) in [5, 5.41) is 5.00. The molecule has 4 aromatic rings. The van der Waals surface area contributed by atoms with Crippen LogP contribution >= 0.6 is 22.7 Å². The van der Waals surface area contributed by atoms with Crippen molar-refractivity contribution in [3.8, 4) is 10.4 Å². The summed E-state index contributed by atoms with van der Waals surface area (Å²) in [7, 11) is 0. The van der Waals surface area contributed by atoms with E-state index in [1.54, 1.807) is 5.51 Å². The lowest BCUT2D eigenvalue weighted by molar-refractivity contribution is 0.0690. The van der Waals surface area contributed by atoms with Gasteiger partial charge >= 0.3 is 0 Å². The molecule has 0 bridgehead atoms. The third-order valence-corrected chi connectivity index (χ3v) is 8.37. The van der Waals surface area contributed by atoms with Crippen LogP contribution in [0.2, 0.25) is 0 Å². The Morgan fingerprint density at radius 1 is 1.24 bits per heavy atom. The molecule has 1 saturated heterocycles. The molecule has 1 saturated carbocycles. The van der Waals surface area contributed by atoms with Gasteiger partial charge in [0.1, 0.15) is 11.4 Å². The molecule has 0 unspecified atom stereocenters. The summed E-state index contributed by atoms with van der Waals surface area (Å²) >= 11 is 3.00. The topological polar surface area (TPSA) is 79.6 Å². The van der Waals surface area contributed by atoms with Crippen molar-refractivity contribution in [3.05, 3.63) is 64.0 Å². The second kappa shape index (κ2) is 7.78. The first kappa shape index (κ1) is 20.6. The average Bonchev–Trinajstić information content (AvgIpc) is 3.20. The molecule has 1 N–H and O–H groups in total. The van der Waals surface area contributed by atoms with Crippen LogP contribution in [0.25, 0.3) is 15.4 Å². The Labute approximate surface area is 199 Å². The number of benzene rings is 1. The summed E-state index contributed by atoms with van der Waals surface area (Å²) in [5.41, 5.74) is 5.70. The number of piperidine rings is 1. The average molecular weight is 478 g/mol. The summed E-state index contributed by atoms with van der Waals surface area (Å²) in [5.74, 6) is 0.782. The third kappa shape index (κ3) is 3.46. The van der Waals surface area contributed by atoms with Gasteiger partial charge < -0.3 is 10.2 Å². The van der Waals surface area contributed by atoms with Gasteiger partial charge in [-0.3, -0.25) is 14.0 Å². The number of likely N-dealkylation sites (tertiary alicyclic amines) is 1. The smallest absolute Gasteiger partial charge is 0.274 e. The van der Waals surface area contributed by atoms with Crippen LogP contribution in [-0.2, 0) is 0 Å². The fourth-order valence-corrected chi connectivity index (χ4v) is 6.58. The maximum absolute atomic E-state index is 13.6. The number of carbonyl (C=O) groups is 2. The van der Waals surface area contributed by atoms with Gasteiger partial charge in [-0.05, 0) is 37.7 Å². The fraction of sp³-hybridized carbons (Fsp3) is 0.333. The van der Waals surface area contributed by atoms with E-state index in [1.807, 2.05) is 52.9 Å². The predicted molar refractivity (Wildman–Crippen MR) is 129 cm³/mol. The number of hydrogen-bond donors (Lipinski definition) is 1. The SMILES string of the molecule is Cc1cccc(-c2scnc2C(=O)N2C[C@H]3C[C@H]3[C@H]2CNC(=O)c2c(C)nc3sccn23)c1. The Morgan fingerprint density at radius 2 is 2.12 bits per heavy atom. The van der Waals surface area contributed by atoms with Crippen LogP contribution in [0, 0.1) is 25.7 Å². The van der Waals surface area contributed by atoms with Gasteiger partial charge in [0.15, 0.2) is 4.96 Å². The number of hydrogen-bond acceptors (Lipinski definition) is 6. The van der Waals surface area contributed by atoms with Gasteiger partial charge in [-0.25, -0.2) is 9.97 Å². The normalized spacial score (nSPS) is 21.4. The molecular formula is C24H23N5O2S2. The van der Waals surface area contributed by atoms with Gasteiger partial charge in [0, 0.05) is 24.7 Å². The molecule has 2 aliphatic rings. The van der Waals surface area contributed by atoms with E-state index in [1.165, 1.54) is 22.7 Å². The summed E-state index contributed by atoms with van der Waals surface area (Å²) in [6, 6.07) is 8.15. The van der Waals surface area contributed by atoms with Crippen molar-refractivity contribution in [1.29, 1.82) is 0 Å². The summed E-state index contributed by atoms with van der Waals surface area (Å²) < 4.78 is 1.83. The Hall–Kier alpha value is -3.04. The maximum Gasteiger partial charge on any atom is 0.274 e. The number of fused-ring (bicyclic) bond motifs is 2. The van der Waals surface area contributed by atoms with Crippen LogP contribution in [0.1, 0.15) is 38.7 Å². The molecule has 7 nitrogen and oxygen atoms in total. The number of thiazole rings is 2. The van der Waals surface area contributed by atoms with Crippen molar-refractivity contribution < 1.29 is 9.59 Å². The third-order valence-electron chi connectivity index (χ3n) is 6.74. The lowest BCUT2D eigenvalue weighted by atomic mass is 10.1. The Balaban J connectivity index is 1.22. The van der Waals surface area contributed by atoms with Gasteiger partial charge in [-0.2, -0.15) is 0 Å². The van der Waals surface area contributed by atoms with Crippen molar-refractivity contribution >= 4 is 39.4 Å². The van der Waals surface area contributed by atoms with Crippen LogP contribution in [-0.4, -0.2) is 50.2 Å². The van der Waals surface area contributed by atoms with E-state index in [4.69, 9.17) is 0 Å². The molecule has 0 spiro atoms. The van der Waals surface area contributed by atoms with E-state index < -0.39 is 0 Å². The molecule has 2 fully saturated rings. The highest BCUT2D eigenvalue weighted by atomic mass is 32.1. The Kier molecular flexibility index (Phi) is 4.84. The number of nitrogens with one attached hydrogen (secondary N) is 1. The first-order valence-electron chi connectivity index (χ1n) is 11.0. The highest BCUT2D eigenvalue weighted by Gasteiger charge is 2.54. The number of amides is 2. The van der Waals surface area contributed by atoms with Crippen molar-refractivity contribution in [2.24, 2.45) is 11.8 Å². The second-order valence-electron chi connectivity index (χ2n) is 8.90. The van der Waals surface area contributed by atoms with E-state index in [0.717, 1.165) is 33.9 Å². The van der Waals surface area contributed by atoms with Crippen molar-refractivity contribution in [2.75, 3.05) is 13.1 Å². The van der Waals surface area contributed by atoms with Crippen LogP contribution in [0.4, 0.5) is 0 Å². The van der Waals surface area contributed by atoms with Gasteiger partial charge in [0.05, 0.1) is 22.1 Å². The van der Waals surface area contributed by atoms with E-state index in [0.29, 0.717) is 35.5 Å². The highest BCUT2D eigenvalue weighted by molar-refractivity contribution is 7.15. The van der Waals surface area contributed by atoms with E-state index in [2.05, 4.69) is 21.4 Å². The molecule has 1 aromatic carbocycles. The largest absolute Gasteiger partial charge is 0.349 e. The van der Waals surface area contributed by atoms with E-state index in [9.17, 15) is 9.59 Å².